The zero-order valence-electron chi connectivity index (χ0n) is 9.47. The topological polar surface area (TPSA) is 102 Å². The Morgan fingerprint density at radius 1 is 1.44 bits per heavy atom. The number of carbonyl (C=O) groups is 2. The normalized spacial score (nSPS) is 10.5. The lowest BCUT2D eigenvalue weighted by Crippen LogP contribution is -2.16. The molecule has 0 unspecified atom stereocenters. The number of fused-ring (bicyclic) bond motifs is 1. The van der Waals surface area contributed by atoms with E-state index >= 15 is 0 Å². The molecule has 1 aromatic carbocycles. The molecule has 7 heteroatoms. The number of aryl methyl sites for hydroxylation is 1. The van der Waals surface area contributed by atoms with Crippen molar-refractivity contribution in [3.8, 4) is 0 Å². The summed E-state index contributed by atoms with van der Waals surface area (Å²) in [5, 5.41) is 10.9. The van der Waals surface area contributed by atoms with E-state index in [1.54, 1.807) is 6.07 Å². The Hall–Kier alpha value is -2.57. The van der Waals surface area contributed by atoms with Gasteiger partial charge in [-0.15, -0.1) is 0 Å². The lowest BCUT2D eigenvalue weighted by Gasteiger charge is -2.03. The van der Waals surface area contributed by atoms with E-state index in [2.05, 4.69) is 5.32 Å². The van der Waals surface area contributed by atoms with Gasteiger partial charge in [0, 0.05) is 12.7 Å². The van der Waals surface area contributed by atoms with Crippen molar-refractivity contribution in [1.29, 1.82) is 0 Å². The summed E-state index contributed by atoms with van der Waals surface area (Å²) in [5.41, 5.74) is 1.33. The summed E-state index contributed by atoms with van der Waals surface area (Å²) >= 11 is 0. The van der Waals surface area contributed by atoms with Gasteiger partial charge in [0.2, 0.25) is 5.91 Å². The minimum absolute atomic E-state index is 0.402. The standard InChI is InChI=1S/C11H10N2O5/c1-13-7-4-6(12-9(14)5-10(15)16)2-3-8(7)18-11(13)17/h2-4H,5H2,1H3,(H,12,14)(H,15,16). The molecule has 1 amide bonds. The van der Waals surface area contributed by atoms with Gasteiger partial charge >= 0.3 is 11.7 Å². The number of benzene rings is 1. The number of rotatable bonds is 3. The molecule has 94 valence electrons. The first-order chi connectivity index (χ1) is 8.47. The van der Waals surface area contributed by atoms with Crippen LogP contribution in [0.15, 0.2) is 27.4 Å². The number of aromatic nitrogens is 1. The summed E-state index contributed by atoms with van der Waals surface area (Å²) in [6.45, 7) is 0. The summed E-state index contributed by atoms with van der Waals surface area (Å²) < 4.78 is 6.22. The highest BCUT2D eigenvalue weighted by atomic mass is 16.4. The van der Waals surface area contributed by atoms with Crippen LogP contribution in [0.25, 0.3) is 11.1 Å². The monoisotopic (exact) mass is 250 g/mol. The molecule has 0 aliphatic heterocycles. The summed E-state index contributed by atoms with van der Waals surface area (Å²) in [5.74, 6) is -2.33. The van der Waals surface area contributed by atoms with Gasteiger partial charge in [0.15, 0.2) is 5.58 Å². The molecule has 2 aromatic rings. The molecule has 1 aromatic heterocycles. The first-order valence-electron chi connectivity index (χ1n) is 5.08. The van der Waals surface area contributed by atoms with Crippen molar-refractivity contribution in [2.45, 2.75) is 6.42 Å². The van der Waals surface area contributed by atoms with Crippen molar-refractivity contribution in [3.63, 3.8) is 0 Å². The molecule has 0 atom stereocenters. The molecule has 0 saturated carbocycles. The van der Waals surface area contributed by atoms with E-state index in [-0.39, 0.29) is 0 Å². The fraction of sp³-hybridized carbons (Fsp3) is 0.182. The van der Waals surface area contributed by atoms with Crippen LogP contribution in [0.1, 0.15) is 6.42 Å². The smallest absolute Gasteiger partial charge is 0.419 e. The van der Waals surface area contributed by atoms with Crippen LogP contribution in [-0.2, 0) is 16.6 Å². The van der Waals surface area contributed by atoms with Gasteiger partial charge in [0.05, 0.1) is 5.52 Å². The highest BCUT2D eigenvalue weighted by Crippen LogP contribution is 2.17. The molecule has 0 aliphatic carbocycles. The van der Waals surface area contributed by atoms with E-state index in [0.29, 0.717) is 16.8 Å². The Balaban J connectivity index is 2.30. The van der Waals surface area contributed by atoms with Gasteiger partial charge in [-0.25, -0.2) is 4.79 Å². The zero-order chi connectivity index (χ0) is 13.3. The minimum atomic E-state index is -1.20. The van der Waals surface area contributed by atoms with Crippen molar-refractivity contribution in [2.75, 3.05) is 5.32 Å². The highest BCUT2D eigenvalue weighted by Gasteiger charge is 2.10. The molecular formula is C11H10N2O5. The first kappa shape index (κ1) is 11.9. The highest BCUT2D eigenvalue weighted by molar-refractivity contribution is 6.01. The third-order valence-electron chi connectivity index (χ3n) is 2.39. The molecule has 1 heterocycles. The van der Waals surface area contributed by atoms with Crippen LogP contribution in [0.4, 0.5) is 5.69 Å². The lowest BCUT2D eigenvalue weighted by atomic mass is 10.2. The lowest BCUT2D eigenvalue weighted by molar-refractivity contribution is -0.139. The molecule has 0 aliphatic rings. The molecular weight excluding hydrogens is 240 g/mol. The van der Waals surface area contributed by atoms with Gasteiger partial charge in [-0.05, 0) is 18.2 Å². The van der Waals surface area contributed by atoms with Crippen molar-refractivity contribution in [3.05, 3.63) is 28.7 Å². The van der Waals surface area contributed by atoms with Gasteiger partial charge in [-0.1, -0.05) is 0 Å². The van der Waals surface area contributed by atoms with Crippen LogP contribution in [0, 0.1) is 0 Å². The predicted octanol–water partition coefficient (Wildman–Crippen LogP) is 0.545. The third-order valence-corrected chi connectivity index (χ3v) is 2.39. The SMILES string of the molecule is Cn1c(=O)oc2ccc(NC(=O)CC(=O)O)cc21. The minimum Gasteiger partial charge on any atom is -0.481 e. The second-order valence-electron chi connectivity index (χ2n) is 3.73. The number of carbonyl (C=O) groups excluding carboxylic acids is 1. The van der Waals surface area contributed by atoms with Gasteiger partial charge in [-0.3, -0.25) is 14.2 Å². The maximum atomic E-state index is 11.3. The van der Waals surface area contributed by atoms with E-state index in [4.69, 9.17) is 9.52 Å². The molecule has 18 heavy (non-hydrogen) atoms. The van der Waals surface area contributed by atoms with E-state index < -0.39 is 24.1 Å². The van der Waals surface area contributed by atoms with Crippen molar-refractivity contribution in [2.24, 2.45) is 7.05 Å². The average Bonchev–Trinajstić information content (AvgIpc) is 2.54. The quantitative estimate of drug-likeness (QED) is 0.774. The summed E-state index contributed by atoms with van der Waals surface area (Å²) in [6, 6.07) is 4.61. The van der Waals surface area contributed by atoms with Crippen LogP contribution in [0.3, 0.4) is 0 Å². The van der Waals surface area contributed by atoms with Gasteiger partial charge in [0.25, 0.3) is 0 Å². The molecule has 2 N–H and O–H groups in total. The van der Waals surface area contributed by atoms with Crippen LogP contribution >= 0.6 is 0 Å². The Kier molecular flexibility index (Phi) is 2.88. The second kappa shape index (κ2) is 4.36. The van der Waals surface area contributed by atoms with E-state index in [9.17, 15) is 14.4 Å². The summed E-state index contributed by atoms with van der Waals surface area (Å²) in [7, 11) is 1.54. The largest absolute Gasteiger partial charge is 0.481 e. The predicted molar refractivity (Wildman–Crippen MR) is 62.3 cm³/mol. The third kappa shape index (κ3) is 2.24. The zero-order valence-corrected chi connectivity index (χ0v) is 9.47. The Bertz CT molecular complexity index is 682. The molecule has 0 radical (unpaired) electrons. The molecule has 0 saturated heterocycles. The van der Waals surface area contributed by atoms with Crippen molar-refractivity contribution in [1.82, 2.24) is 4.57 Å². The van der Waals surface area contributed by atoms with Crippen LogP contribution < -0.4 is 11.1 Å². The van der Waals surface area contributed by atoms with E-state index in [0.717, 1.165) is 0 Å². The number of hydrogen-bond acceptors (Lipinski definition) is 4. The van der Waals surface area contributed by atoms with Crippen LogP contribution in [-0.4, -0.2) is 21.6 Å². The molecule has 7 nitrogen and oxygen atoms in total. The molecule has 0 bridgehead atoms. The van der Waals surface area contributed by atoms with Crippen molar-refractivity contribution >= 4 is 28.7 Å². The average molecular weight is 250 g/mol. The van der Waals surface area contributed by atoms with Crippen molar-refractivity contribution < 1.29 is 19.1 Å². The molecule has 2 rings (SSSR count). The Labute approximate surface area is 101 Å². The second-order valence-corrected chi connectivity index (χ2v) is 3.73. The first-order valence-corrected chi connectivity index (χ1v) is 5.08. The summed E-state index contributed by atoms with van der Waals surface area (Å²) in [4.78, 5) is 32.9. The van der Waals surface area contributed by atoms with Gasteiger partial charge in [-0.2, -0.15) is 0 Å². The Morgan fingerprint density at radius 2 is 2.17 bits per heavy atom. The number of hydrogen-bond donors (Lipinski definition) is 2. The maximum Gasteiger partial charge on any atom is 0.419 e. The Morgan fingerprint density at radius 3 is 2.83 bits per heavy atom. The number of anilines is 1. The number of nitrogens with one attached hydrogen (secondary N) is 1. The number of carboxylic acid groups (broad SMARTS) is 1. The number of nitrogens with zero attached hydrogens (tertiary/aromatic N) is 1. The number of amides is 1. The van der Waals surface area contributed by atoms with Crippen LogP contribution in [0.2, 0.25) is 0 Å². The van der Waals surface area contributed by atoms with E-state index in [1.807, 2.05) is 0 Å². The number of aliphatic carboxylic acids is 1. The number of carboxylic acids is 1. The maximum absolute atomic E-state index is 11.3. The molecule has 0 fully saturated rings. The fourth-order valence-corrected chi connectivity index (χ4v) is 1.55. The van der Waals surface area contributed by atoms with Gasteiger partial charge < -0.3 is 14.8 Å². The van der Waals surface area contributed by atoms with E-state index in [1.165, 1.54) is 23.7 Å². The fourth-order valence-electron chi connectivity index (χ4n) is 1.55. The van der Waals surface area contributed by atoms with Gasteiger partial charge in [0.1, 0.15) is 6.42 Å². The summed E-state index contributed by atoms with van der Waals surface area (Å²) in [6.07, 6.45) is -0.609. The molecule has 0 spiro atoms. The number of oxazole rings is 1. The van der Waals surface area contributed by atoms with Crippen LogP contribution in [0.5, 0.6) is 0 Å².